The second-order valence-electron chi connectivity index (χ2n) is 6.19. The van der Waals surface area contributed by atoms with Gasteiger partial charge in [0.1, 0.15) is 0 Å². The molecule has 22 heavy (non-hydrogen) atoms. The summed E-state index contributed by atoms with van der Waals surface area (Å²) in [5, 5.41) is 3.13. The molecule has 1 atom stereocenters. The molecule has 2 aromatic heterocycles. The zero-order chi connectivity index (χ0) is 15.9. The van der Waals surface area contributed by atoms with Gasteiger partial charge in [-0.3, -0.25) is 14.7 Å². The van der Waals surface area contributed by atoms with Crippen molar-refractivity contribution in [3.05, 3.63) is 33.9 Å². The number of nitrogens with one attached hydrogen (secondary N) is 1. The molecule has 3 heterocycles. The number of rotatable bonds is 3. The molecule has 1 amide bonds. The van der Waals surface area contributed by atoms with Gasteiger partial charge in [-0.2, -0.15) is 0 Å². The Labute approximate surface area is 129 Å². The van der Waals surface area contributed by atoms with Crippen LogP contribution in [0.5, 0.6) is 0 Å². The fraction of sp³-hybridized carbons (Fsp3) is 0.562. The minimum atomic E-state index is -0.104. The van der Waals surface area contributed by atoms with Gasteiger partial charge >= 0.3 is 0 Å². The Bertz CT molecular complexity index is 759. The van der Waals surface area contributed by atoms with E-state index in [2.05, 4.69) is 10.1 Å². The van der Waals surface area contributed by atoms with Gasteiger partial charge in [0.25, 0.3) is 5.56 Å². The number of hydrogen-bond donors (Lipinski definition) is 1. The van der Waals surface area contributed by atoms with E-state index in [4.69, 9.17) is 0 Å². The standard InChI is InChI=1S/C16H22N4O2/c1-4-11-8-15(21)20-14(17-11)9-12(18-20)13-6-5-7-19(13)16(22)10(2)3/h8-10,13,18H,4-7H2,1-3H3/t13-/m0/s1. The van der Waals surface area contributed by atoms with Crippen LogP contribution in [-0.2, 0) is 11.2 Å². The summed E-state index contributed by atoms with van der Waals surface area (Å²) >= 11 is 0. The average Bonchev–Trinajstić information content (AvgIpc) is 3.12. The summed E-state index contributed by atoms with van der Waals surface area (Å²) in [7, 11) is 0. The van der Waals surface area contributed by atoms with E-state index in [-0.39, 0.29) is 23.4 Å². The van der Waals surface area contributed by atoms with Crippen molar-refractivity contribution in [2.24, 2.45) is 5.92 Å². The predicted octanol–water partition coefficient (Wildman–Crippen LogP) is 1.90. The molecule has 0 bridgehead atoms. The Morgan fingerprint density at radius 3 is 2.91 bits per heavy atom. The fourth-order valence-electron chi connectivity index (χ4n) is 3.10. The van der Waals surface area contributed by atoms with Gasteiger partial charge in [0.05, 0.1) is 11.7 Å². The molecule has 0 aliphatic carbocycles. The van der Waals surface area contributed by atoms with Crippen molar-refractivity contribution >= 4 is 11.6 Å². The highest BCUT2D eigenvalue weighted by molar-refractivity contribution is 5.78. The maximum absolute atomic E-state index is 12.3. The molecule has 0 saturated carbocycles. The molecule has 118 valence electrons. The summed E-state index contributed by atoms with van der Waals surface area (Å²) < 4.78 is 1.46. The zero-order valence-corrected chi connectivity index (χ0v) is 13.3. The van der Waals surface area contributed by atoms with Crippen LogP contribution in [0.2, 0.25) is 0 Å². The summed E-state index contributed by atoms with van der Waals surface area (Å²) in [6.45, 7) is 6.59. The lowest BCUT2D eigenvalue weighted by atomic mass is 10.1. The van der Waals surface area contributed by atoms with E-state index >= 15 is 0 Å². The number of aromatic amines is 1. The first-order valence-corrected chi connectivity index (χ1v) is 7.93. The lowest BCUT2D eigenvalue weighted by Gasteiger charge is -2.25. The largest absolute Gasteiger partial charge is 0.334 e. The summed E-state index contributed by atoms with van der Waals surface area (Å²) in [6.07, 6.45) is 2.63. The molecule has 1 fully saturated rings. The normalized spacial score (nSPS) is 18.5. The van der Waals surface area contributed by atoms with Crippen LogP contribution in [0.1, 0.15) is 51.0 Å². The van der Waals surface area contributed by atoms with E-state index in [9.17, 15) is 9.59 Å². The highest BCUT2D eigenvalue weighted by Crippen LogP contribution is 2.32. The van der Waals surface area contributed by atoms with E-state index in [0.29, 0.717) is 5.65 Å². The van der Waals surface area contributed by atoms with Gasteiger partial charge in [-0.25, -0.2) is 9.50 Å². The number of amides is 1. The fourth-order valence-corrected chi connectivity index (χ4v) is 3.10. The molecule has 1 aliphatic heterocycles. The van der Waals surface area contributed by atoms with Crippen LogP contribution in [0, 0.1) is 5.92 Å². The third-order valence-corrected chi connectivity index (χ3v) is 4.27. The average molecular weight is 302 g/mol. The van der Waals surface area contributed by atoms with Gasteiger partial charge in [-0.15, -0.1) is 0 Å². The third kappa shape index (κ3) is 2.42. The molecule has 0 unspecified atom stereocenters. The number of hydrogen-bond acceptors (Lipinski definition) is 3. The highest BCUT2D eigenvalue weighted by Gasteiger charge is 2.32. The predicted molar refractivity (Wildman–Crippen MR) is 83.7 cm³/mol. The SMILES string of the molecule is CCc1cc(=O)n2[nH]c([C@@H]3CCCN3C(=O)C(C)C)cc2n1. The Morgan fingerprint density at radius 2 is 2.23 bits per heavy atom. The molecule has 1 N–H and O–H groups in total. The number of fused-ring (bicyclic) bond motifs is 1. The van der Waals surface area contributed by atoms with E-state index < -0.39 is 0 Å². The number of H-pyrrole nitrogens is 1. The van der Waals surface area contributed by atoms with Crippen LogP contribution >= 0.6 is 0 Å². The smallest absolute Gasteiger partial charge is 0.272 e. The van der Waals surface area contributed by atoms with Gasteiger partial charge in [0.2, 0.25) is 5.91 Å². The van der Waals surface area contributed by atoms with Gasteiger partial charge in [-0.1, -0.05) is 20.8 Å². The van der Waals surface area contributed by atoms with Gasteiger partial charge < -0.3 is 4.90 Å². The van der Waals surface area contributed by atoms with Crippen molar-refractivity contribution in [1.82, 2.24) is 19.5 Å². The Morgan fingerprint density at radius 1 is 1.45 bits per heavy atom. The Kier molecular flexibility index (Phi) is 3.76. The number of carbonyl (C=O) groups excluding carboxylic acids is 1. The number of nitrogens with zero attached hydrogens (tertiary/aromatic N) is 3. The van der Waals surface area contributed by atoms with Crippen molar-refractivity contribution in [2.45, 2.75) is 46.1 Å². The first-order chi connectivity index (χ1) is 10.5. The molecule has 2 aromatic rings. The molecule has 0 radical (unpaired) electrons. The first-order valence-electron chi connectivity index (χ1n) is 7.93. The van der Waals surface area contributed by atoms with Crippen molar-refractivity contribution < 1.29 is 4.79 Å². The van der Waals surface area contributed by atoms with E-state index in [1.807, 2.05) is 31.7 Å². The molecule has 6 nitrogen and oxygen atoms in total. The minimum absolute atomic E-state index is 0.0149. The van der Waals surface area contributed by atoms with Crippen molar-refractivity contribution in [1.29, 1.82) is 0 Å². The van der Waals surface area contributed by atoms with E-state index in [1.165, 1.54) is 4.52 Å². The van der Waals surface area contributed by atoms with E-state index in [0.717, 1.165) is 37.2 Å². The molecule has 0 aromatic carbocycles. The van der Waals surface area contributed by atoms with Gasteiger partial charge in [-0.05, 0) is 19.3 Å². The molecule has 1 saturated heterocycles. The molecule has 1 aliphatic rings. The maximum atomic E-state index is 12.3. The van der Waals surface area contributed by atoms with Crippen LogP contribution < -0.4 is 5.56 Å². The van der Waals surface area contributed by atoms with Crippen LogP contribution in [0.4, 0.5) is 0 Å². The summed E-state index contributed by atoms with van der Waals surface area (Å²) in [6, 6.07) is 3.47. The van der Waals surface area contributed by atoms with Crippen molar-refractivity contribution in [2.75, 3.05) is 6.54 Å². The van der Waals surface area contributed by atoms with Crippen molar-refractivity contribution in [3.8, 4) is 0 Å². The summed E-state index contributed by atoms with van der Waals surface area (Å²) in [4.78, 5) is 30.9. The van der Waals surface area contributed by atoms with Crippen LogP contribution in [0.25, 0.3) is 5.65 Å². The third-order valence-electron chi connectivity index (χ3n) is 4.27. The lowest BCUT2D eigenvalue weighted by Crippen LogP contribution is -2.34. The number of aryl methyl sites for hydroxylation is 1. The highest BCUT2D eigenvalue weighted by atomic mass is 16.2. The number of carbonyl (C=O) groups is 1. The molecule has 0 spiro atoms. The number of aromatic nitrogens is 3. The number of likely N-dealkylation sites (tertiary alicyclic amines) is 1. The van der Waals surface area contributed by atoms with Crippen LogP contribution in [-0.4, -0.2) is 31.9 Å². The lowest BCUT2D eigenvalue weighted by molar-refractivity contribution is -0.135. The Balaban J connectivity index is 2.01. The summed E-state index contributed by atoms with van der Waals surface area (Å²) in [5.41, 5.74) is 2.21. The molecular weight excluding hydrogens is 280 g/mol. The van der Waals surface area contributed by atoms with Gasteiger partial charge in [0, 0.05) is 30.3 Å². The second kappa shape index (κ2) is 5.59. The van der Waals surface area contributed by atoms with Crippen molar-refractivity contribution in [3.63, 3.8) is 0 Å². The molecule has 6 heteroatoms. The first kappa shape index (κ1) is 14.8. The minimum Gasteiger partial charge on any atom is -0.334 e. The molecule has 3 rings (SSSR count). The monoisotopic (exact) mass is 302 g/mol. The topological polar surface area (TPSA) is 70.5 Å². The summed E-state index contributed by atoms with van der Waals surface area (Å²) in [5.74, 6) is 0.147. The second-order valence-corrected chi connectivity index (χ2v) is 6.19. The maximum Gasteiger partial charge on any atom is 0.272 e. The van der Waals surface area contributed by atoms with Gasteiger partial charge in [0.15, 0.2) is 5.65 Å². The zero-order valence-electron chi connectivity index (χ0n) is 13.3. The quantitative estimate of drug-likeness (QED) is 0.941. The van der Waals surface area contributed by atoms with Crippen LogP contribution in [0.15, 0.2) is 16.9 Å². The Hall–Kier alpha value is -2.11. The molecular formula is C16H22N4O2. The van der Waals surface area contributed by atoms with Crippen LogP contribution in [0.3, 0.4) is 0 Å². The van der Waals surface area contributed by atoms with E-state index in [1.54, 1.807) is 6.07 Å².